The van der Waals surface area contributed by atoms with Crippen LogP contribution < -0.4 is 5.32 Å². The number of rotatable bonds is 6. The highest BCUT2D eigenvalue weighted by atomic mass is 16.4. The van der Waals surface area contributed by atoms with Crippen LogP contribution in [0.3, 0.4) is 0 Å². The average molecular weight is 251 g/mol. The van der Waals surface area contributed by atoms with Crippen LogP contribution in [0.15, 0.2) is 6.07 Å². The Morgan fingerprint density at radius 1 is 1.39 bits per heavy atom. The summed E-state index contributed by atoms with van der Waals surface area (Å²) in [5, 5.41) is 11.9. The van der Waals surface area contributed by atoms with E-state index in [4.69, 9.17) is 5.11 Å². The van der Waals surface area contributed by atoms with Crippen molar-refractivity contribution in [2.45, 2.75) is 40.0 Å². The number of aromatic nitrogens is 2. The standard InChI is InChI=1S/C13H21N3O2/c1-8(2)11-7-10(4)15-13(16-11)14-6-5-9(3)12(17)18/h7-9H,5-6H2,1-4H3,(H,17,18)(H,14,15,16). The van der Waals surface area contributed by atoms with Gasteiger partial charge in [0.2, 0.25) is 5.95 Å². The summed E-state index contributed by atoms with van der Waals surface area (Å²) in [6, 6.07) is 1.97. The summed E-state index contributed by atoms with van der Waals surface area (Å²) in [7, 11) is 0. The van der Waals surface area contributed by atoms with Crippen molar-refractivity contribution < 1.29 is 9.90 Å². The van der Waals surface area contributed by atoms with Crippen LogP contribution in [0.2, 0.25) is 0 Å². The molecule has 0 saturated heterocycles. The Bertz CT molecular complexity index is 419. The molecule has 0 bridgehead atoms. The molecule has 2 N–H and O–H groups in total. The molecule has 0 aliphatic carbocycles. The average Bonchev–Trinajstić information content (AvgIpc) is 2.27. The number of carboxylic acids is 1. The molecule has 1 unspecified atom stereocenters. The van der Waals surface area contributed by atoms with Crippen molar-refractivity contribution in [3.8, 4) is 0 Å². The molecule has 0 spiro atoms. The highest BCUT2D eigenvalue weighted by Gasteiger charge is 2.10. The van der Waals surface area contributed by atoms with E-state index in [2.05, 4.69) is 29.1 Å². The van der Waals surface area contributed by atoms with Crippen molar-refractivity contribution in [1.29, 1.82) is 0 Å². The molecule has 1 heterocycles. The lowest BCUT2D eigenvalue weighted by Gasteiger charge is -2.11. The van der Waals surface area contributed by atoms with Crippen LogP contribution in [0, 0.1) is 12.8 Å². The Morgan fingerprint density at radius 3 is 2.61 bits per heavy atom. The summed E-state index contributed by atoms with van der Waals surface area (Å²) in [4.78, 5) is 19.4. The van der Waals surface area contributed by atoms with Crippen LogP contribution in [-0.2, 0) is 4.79 Å². The lowest BCUT2D eigenvalue weighted by molar-refractivity contribution is -0.141. The van der Waals surface area contributed by atoms with Gasteiger partial charge in [-0.25, -0.2) is 9.97 Å². The van der Waals surface area contributed by atoms with E-state index >= 15 is 0 Å². The fourth-order valence-corrected chi connectivity index (χ4v) is 1.49. The van der Waals surface area contributed by atoms with E-state index in [0.717, 1.165) is 11.4 Å². The van der Waals surface area contributed by atoms with Gasteiger partial charge in [-0.1, -0.05) is 20.8 Å². The first-order valence-corrected chi connectivity index (χ1v) is 6.22. The molecule has 100 valence electrons. The molecule has 0 aliphatic heterocycles. The Kier molecular flexibility index (Phi) is 5.07. The van der Waals surface area contributed by atoms with Crippen LogP contribution in [0.1, 0.15) is 44.5 Å². The van der Waals surface area contributed by atoms with E-state index in [1.165, 1.54) is 0 Å². The van der Waals surface area contributed by atoms with E-state index in [9.17, 15) is 4.79 Å². The maximum atomic E-state index is 10.7. The van der Waals surface area contributed by atoms with Gasteiger partial charge in [-0.3, -0.25) is 4.79 Å². The van der Waals surface area contributed by atoms with Crippen molar-refractivity contribution in [1.82, 2.24) is 9.97 Å². The quantitative estimate of drug-likeness (QED) is 0.812. The number of hydrogen-bond acceptors (Lipinski definition) is 4. The number of carbonyl (C=O) groups is 1. The Balaban J connectivity index is 2.59. The third-order valence-electron chi connectivity index (χ3n) is 2.75. The molecular weight excluding hydrogens is 230 g/mol. The van der Waals surface area contributed by atoms with E-state index < -0.39 is 5.97 Å². The lowest BCUT2D eigenvalue weighted by atomic mass is 10.1. The van der Waals surface area contributed by atoms with Crippen molar-refractivity contribution in [2.75, 3.05) is 11.9 Å². The summed E-state index contributed by atoms with van der Waals surface area (Å²) in [5.74, 6) is -0.196. The van der Waals surface area contributed by atoms with Crippen molar-refractivity contribution >= 4 is 11.9 Å². The van der Waals surface area contributed by atoms with E-state index in [0.29, 0.717) is 24.8 Å². The van der Waals surface area contributed by atoms with Gasteiger partial charge in [-0.15, -0.1) is 0 Å². The van der Waals surface area contributed by atoms with Crippen molar-refractivity contribution in [3.05, 3.63) is 17.5 Å². The molecule has 5 heteroatoms. The van der Waals surface area contributed by atoms with Crippen LogP contribution >= 0.6 is 0 Å². The Hall–Kier alpha value is -1.65. The SMILES string of the molecule is Cc1cc(C(C)C)nc(NCCC(C)C(=O)O)n1. The van der Waals surface area contributed by atoms with Crippen LogP contribution in [0.5, 0.6) is 0 Å². The third-order valence-corrected chi connectivity index (χ3v) is 2.75. The van der Waals surface area contributed by atoms with Crippen LogP contribution in [-0.4, -0.2) is 27.6 Å². The monoisotopic (exact) mass is 251 g/mol. The first-order chi connectivity index (χ1) is 8.40. The topological polar surface area (TPSA) is 75.1 Å². The molecule has 1 rings (SSSR count). The number of nitrogens with one attached hydrogen (secondary N) is 1. The van der Waals surface area contributed by atoms with Gasteiger partial charge < -0.3 is 10.4 Å². The largest absolute Gasteiger partial charge is 0.481 e. The second-order valence-corrected chi connectivity index (χ2v) is 4.87. The van der Waals surface area contributed by atoms with Crippen molar-refractivity contribution in [2.24, 2.45) is 5.92 Å². The summed E-state index contributed by atoms with van der Waals surface area (Å²) in [6.45, 7) is 8.35. The maximum absolute atomic E-state index is 10.7. The first-order valence-electron chi connectivity index (χ1n) is 6.22. The van der Waals surface area contributed by atoms with Gasteiger partial charge in [0.05, 0.1) is 5.92 Å². The van der Waals surface area contributed by atoms with Gasteiger partial charge in [0.15, 0.2) is 0 Å². The maximum Gasteiger partial charge on any atom is 0.306 e. The zero-order valence-corrected chi connectivity index (χ0v) is 11.4. The number of carboxylic acid groups (broad SMARTS) is 1. The fraction of sp³-hybridized carbons (Fsp3) is 0.615. The molecule has 1 atom stereocenters. The molecule has 1 aromatic rings. The minimum Gasteiger partial charge on any atom is -0.481 e. The van der Waals surface area contributed by atoms with E-state index in [1.54, 1.807) is 6.92 Å². The predicted octanol–water partition coefficient (Wildman–Crippen LogP) is 2.43. The Morgan fingerprint density at radius 2 is 2.06 bits per heavy atom. The summed E-state index contributed by atoms with van der Waals surface area (Å²) in [6.07, 6.45) is 0.559. The van der Waals surface area contributed by atoms with Crippen LogP contribution in [0.4, 0.5) is 5.95 Å². The molecule has 0 amide bonds. The molecule has 0 aliphatic rings. The number of aliphatic carboxylic acids is 1. The molecule has 0 aromatic carbocycles. The normalized spacial score (nSPS) is 12.5. The lowest BCUT2D eigenvalue weighted by Crippen LogP contribution is -2.16. The van der Waals surface area contributed by atoms with Gasteiger partial charge in [-0.05, 0) is 25.3 Å². The second-order valence-electron chi connectivity index (χ2n) is 4.87. The molecule has 1 aromatic heterocycles. The van der Waals surface area contributed by atoms with E-state index in [-0.39, 0.29) is 5.92 Å². The molecule has 18 heavy (non-hydrogen) atoms. The predicted molar refractivity (Wildman–Crippen MR) is 70.8 cm³/mol. The fourth-order valence-electron chi connectivity index (χ4n) is 1.49. The molecule has 0 saturated carbocycles. The number of nitrogens with zero attached hydrogens (tertiary/aromatic N) is 2. The number of aryl methyl sites for hydroxylation is 1. The Labute approximate surface area is 108 Å². The minimum absolute atomic E-state index is 0.352. The smallest absolute Gasteiger partial charge is 0.306 e. The molecule has 0 fully saturated rings. The van der Waals surface area contributed by atoms with Gasteiger partial charge >= 0.3 is 5.97 Å². The van der Waals surface area contributed by atoms with Gasteiger partial charge in [0.1, 0.15) is 0 Å². The van der Waals surface area contributed by atoms with Gasteiger partial charge in [0, 0.05) is 17.9 Å². The summed E-state index contributed by atoms with van der Waals surface area (Å²) < 4.78 is 0. The zero-order chi connectivity index (χ0) is 13.7. The summed E-state index contributed by atoms with van der Waals surface area (Å²) >= 11 is 0. The minimum atomic E-state index is -0.773. The number of anilines is 1. The molecule has 5 nitrogen and oxygen atoms in total. The number of hydrogen-bond donors (Lipinski definition) is 2. The second kappa shape index (κ2) is 6.33. The van der Waals surface area contributed by atoms with Gasteiger partial charge in [-0.2, -0.15) is 0 Å². The molecular formula is C13H21N3O2. The highest BCUT2D eigenvalue weighted by Crippen LogP contribution is 2.14. The van der Waals surface area contributed by atoms with Gasteiger partial charge in [0.25, 0.3) is 0 Å². The van der Waals surface area contributed by atoms with Crippen molar-refractivity contribution in [3.63, 3.8) is 0 Å². The highest BCUT2D eigenvalue weighted by molar-refractivity contribution is 5.69. The third kappa shape index (κ3) is 4.31. The first kappa shape index (κ1) is 14.4. The summed E-state index contributed by atoms with van der Waals surface area (Å²) in [5.41, 5.74) is 1.92. The molecule has 0 radical (unpaired) electrons. The van der Waals surface area contributed by atoms with Crippen LogP contribution in [0.25, 0.3) is 0 Å². The van der Waals surface area contributed by atoms with E-state index in [1.807, 2.05) is 13.0 Å². The zero-order valence-electron chi connectivity index (χ0n) is 11.4.